The van der Waals surface area contributed by atoms with Crippen LogP contribution in [-0.2, 0) is 20.8 Å². The van der Waals surface area contributed by atoms with E-state index >= 15 is 0 Å². The molecule has 1 unspecified atom stereocenters. The Balaban J connectivity index is 1.42. The van der Waals surface area contributed by atoms with Gasteiger partial charge in [0.1, 0.15) is 0 Å². The molecule has 0 N–H and O–H groups in total. The monoisotopic (exact) mass is 517 g/mol. The first-order valence-corrected chi connectivity index (χ1v) is 13.0. The molecule has 6 nitrogen and oxygen atoms in total. The summed E-state index contributed by atoms with van der Waals surface area (Å²) in [6, 6.07) is 27.2. The molecular formula is C33H27NO5. The SMILES string of the molecule is COc1cc2c(cc1OC)N(c1ccc(-c3ccccc3)cc1)Cc1ccc3c(c1-2)C(C)C(=O)C1=C3OCO1. The maximum Gasteiger partial charge on any atom is 0.231 e. The summed E-state index contributed by atoms with van der Waals surface area (Å²) < 4.78 is 22.8. The van der Waals surface area contributed by atoms with Crippen molar-refractivity contribution < 1.29 is 23.7 Å². The number of methoxy groups -OCH3 is 2. The van der Waals surface area contributed by atoms with Gasteiger partial charge < -0.3 is 23.8 Å². The van der Waals surface area contributed by atoms with E-state index in [1.165, 1.54) is 5.56 Å². The van der Waals surface area contributed by atoms with Gasteiger partial charge in [-0.3, -0.25) is 4.79 Å². The standard InChI is InChI=1S/C33H27NO5/c1-19-29-24(32-33(31(19)35)39-18-38-32)14-11-22-17-34(23-12-9-21(10-13-23)20-7-5-4-6-8-20)26-16-28(37-3)27(36-2)15-25(26)30(22)29/h4-16,19H,17-18H2,1-3H3. The first-order chi connectivity index (χ1) is 19.1. The van der Waals surface area contributed by atoms with Gasteiger partial charge in [0.05, 0.1) is 19.9 Å². The Morgan fingerprint density at radius 3 is 2.23 bits per heavy atom. The average molecular weight is 518 g/mol. The van der Waals surface area contributed by atoms with Gasteiger partial charge in [0.25, 0.3) is 0 Å². The van der Waals surface area contributed by atoms with E-state index in [1.807, 2.05) is 25.1 Å². The fraction of sp³-hybridized carbons (Fsp3) is 0.182. The molecule has 194 valence electrons. The van der Waals surface area contributed by atoms with Crippen LogP contribution in [0, 0.1) is 0 Å². The van der Waals surface area contributed by atoms with Gasteiger partial charge in [-0.25, -0.2) is 0 Å². The predicted octanol–water partition coefficient (Wildman–Crippen LogP) is 7.05. The van der Waals surface area contributed by atoms with Crippen LogP contribution in [0.4, 0.5) is 11.4 Å². The second kappa shape index (κ2) is 8.95. The van der Waals surface area contributed by atoms with Gasteiger partial charge in [-0.2, -0.15) is 0 Å². The van der Waals surface area contributed by atoms with Crippen LogP contribution >= 0.6 is 0 Å². The van der Waals surface area contributed by atoms with Crippen LogP contribution in [-0.4, -0.2) is 26.8 Å². The number of hydrogen-bond acceptors (Lipinski definition) is 6. The van der Waals surface area contributed by atoms with Gasteiger partial charge in [0, 0.05) is 35.3 Å². The number of ether oxygens (including phenoxy) is 4. The highest BCUT2D eigenvalue weighted by atomic mass is 16.7. The zero-order chi connectivity index (χ0) is 26.7. The van der Waals surface area contributed by atoms with Crippen LogP contribution in [0.1, 0.15) is 29.5 Å². The molecule has 0 amide bonds. The second-order valence-corrected chi connectivity index (χ2v) is 9.94. The van der Waals surface area contributed by atoms with Crippen molar-refractivity contribution in [3.05, 3.63) is 101 Å². The maximum atomic E-state index is 13.3. The van der Waals surface area contributed by atoms with E-state index in [-0.39, 0.29) is 18.5 Å². The van der Waals surface area contributed by atoms with Crippen LogP contribution in [0.25, 0.3) is 28.0 Å². The normalized spacial score (nSPS) is 16.9. The van der Waals surface area contributed by atoms with Crippen LogP contribution in [0.5, 0.6) is 11.5 Å². The molecule has 0 radical (unpaired) electrons. The van der Waals surface area contributed by atoms with Crippen molar-refractivity contribution in [2.45, 2.75) is 19.4 Å². The van der Waals surface area contributed by atoms with Crippen molar-refractivity contribution in [2.75, 3.05) is 25.9 Å². The van der Waals surface area contributed by atoms with Gasteiger partial charge in [-0.15, -0.1) is 0 Å². The maximum absolute atomic E-state index is 13.3. The molecule has 0 bridgehead atoms. The molecule has 7 rings (SSSR count). The highest BCUT2D eigenvalue weighted by Gasteiger charge is 2.41. The Morgan fingerprint density at radius 1 is 0.795 bits per heavy atom. The summed E-state index contributed by atoms with van der Waals surface area (Å²) in [5.41, 5.74) is 9.43. The van der Waals surface area contributed by atoms with Gasteiger partial charge in [0.2, 0.25) is 18.3 Å². The number of nitrogens with zero attached hydrogens (tertiary/aromatic N) is 1. The topological polar surface area (TPSA) is 57.2 Å². The molecule has 39 heavy (non-hydrogen) atoms. The van der Waals surface area contributed by atoms with Crippen LogP contribution in [0.15, 0.2) is 84.6 Å². The number of ketones is 1. The summed E-state index contributed by atoms with van der Waals surface area (Å²) in [7, 11) is 3.29. The van der Waals surface area contributed by atoms with Crippen LogP contribution in [0.2, 0.25) is 0 Å². The van der Waals surface area contributed by atoms with Crippen molar-refractivity contribution in [1.29, 1.82) is 0 Å². The fourth-order valence-corrected chi connectivity index (χ4v) is 5.99. The molecule has 4 aromatic rings. The molecule has 2 heterocycles. The molecule has 0 saturated heterocycles. The third-order valence-corrected chi connectivity index (χ3v) is 7.92. The van der Waals surface area contributed by atoms with Crippen molar-refractivity contribution in [1.82, 2.24) is 0 Å². The molecule has 1 aliphatic carbocycles. The third kappa shape index (κ3) is 3.52. The number of hydrogen-bond donors (Lipinski definition) is 0. The molecule has 4 aromatic carbocycles. The van der Waals surface area contributed by atoms with Crippen LogP contribution < -0.4 is 14.4 Å². The van der Waals surface area contributed by atoms with E-state index in [2.05, 4.69) is 65.6 Å². The predicted molar refractivity (Wildman–Crippen MR) is 150 cm³/mol. The second-order valence-electron chi connectivity index (χ2n) is 9.94. The summed E-state index contributed by atoms with van der Waals surface area (Å²) in [5, 5.41) is 0. The summed E-state index contributed by atoms with van der Waals surface area (Å²) in [4.78, 5) is 15.6. The average Bonchev–Trinajstić information content (AvgIpc) is 3.49. The van der Waals surface area contributed by atoms with Crippen molar-refractivity contribution in [3.63, 3.8) is 0 Å². The lowest BCUT2D eigenvalue weighted by Gasteiger charge is -2.36. The van der Waals surface area contributed by atoms with E-state index in [9.17, 15) is 4.79 Å². The van der Waals surface area contributed by atoms with Gasteiger partial charge >= 0.3 is 0 Å². The number of carbonyl (C=O) groups is 1. The van der Waals surface area contributed by atoms with E-state index in [0.717, 1.165) is 44.8 Å². The Morgan fingerprint density at radius 2 is 1.49 bits per heavy atom. The van der Waals surface area contributed by atoms with Crippen molar-refractivity contribution in [3.8, 4) is 33.8 Å². The minimum atomic E-state index is -0.368. The first kappa shape index (κ1) is 23.4. The highest BCUT2D eigenvalue weighted by Crippen LogP contribution is 2.53. The van der Waals surface area contributed by atoms with Gasteiger partial charge in [0.15, 0.2) is 17.3 Å². The van der Waals surface area contributed by atoms with Gasteiger partial charge in [-0.1, -0.05) is 61.5 Å². The molecular weight excluding hydrogens is 490 g/mol. The number of Topliss-reactive ketones (excluding diaryl/α,β-unsaturated/α-hetero) is 1. The largest absolute Gasteiger partial charge is 0.493 e. The fourth-order valence-electron chi connectivity index (χ4n) is 5.99. The number of carbonyl (C=O) groups excluding carboxylic acids is 1. The molecule has 0 spiro atoms. The molecule has 6 heteroatoms. The smallest absolute Gasteiger partial charge is 0.231 e. The van der Waals surface area contributed by atoms with E-state index in [0.29, 0.717) is 29.6 Å². The quantitative estimate of drug-likeness (QED) is 0.289. The highest BCUT2D eigenvalue weighted by molar-refractivity contribution is 6.09. The number of allylic oxidation sites excluding steroid dienone is 1. The Kier molecular flexibility index (Phi) is 5.37. The van der Waals surface area contributed by atoms with E-state index in [1.54, 1.807) is 14.2 Å². The third-order valence-electron chi connectivity index (χ3n) is 7.92. The van der Waals surface area contributed by atoms with Crippen LogP contribution in [0.3, 0.4) is 0 Å². The lowest BCUT2D eigenvalue weighted by Crippen LogP contribution is -2.26. The molecule has 0 fully saturated rings. The minimum absolute atomic E-state index is 0.0515. The first-order valence-electron chi connectivity index (χ1n) is 13.0. The van der Waals surface area contributed by atoms with E-state index < -0.39 is 0 Å². The van der Waals surface area contributed by atoms with Crippen molar-refractivity contribution >= 4 is 22.9 Å². The molecule has 2 aliphatic heterocycles. The lowest BCUT2D eigenvalue weighted by atomic mass is 9.77. The zero-order valence-corrected chi connectivity index (χ0v) is 22.0. The Hall–Kier alpha value is -4.71. The summed E-state index contributed by atoms with van der Waals surface area (Å²) in [6.45, 7) is 2.65. The number of anilines is 2. The number of benzene rings is 4. The minimum Gasteiger partial charge on any atom is -0.493 e. The molecule has 0 aromatic heterocycles. The zero-order valence-electron chi connectivity index (χ0n) is 22.0. The number of fused-ring (bicyclic) bond motifs is 6. The molecule has 1 atom stereocenters. The van der Waals surface area contributed by atoms with Gasteiger partial charge in [-0.05, 0) is 46.0 Å². The Bertz CT molecular complexity index is 1660. The Labute approximate surface area is 227 Å². The summed E-state index contributed by atoms with van der Waals surface area (Å²) >= 11 is 0. The van der Waals surface area contributed by atoms with E-state index in [4.69, 9.17) is 18.9 Å². The summed E-state index contributed by atoms with van der Waals surface area (Å²) in [5.74, 6) is 1.74. The lowest BCUT2D eigenvalue weighted by molar-refractivity contribution is -0.120. The number of rotatable bonds is 4. The summed E-state index contributed by atoms with van der Waals surface area (Å²) in [6.07, 6.45) is 0. The van der Waals surface area contributed by atoms with Crippen molar-refractivity contribution in [2.24, 2.45) is 0 Å². The molecule has 3 aliphatic rings. The molecule has 0 saturated carbocycles.